The van der Waals surface area contributed by atoms with Gasteiger partial charge in [0.15, 0.2) is 0 Å². The van der Waals surface area contributed by atoms with Crippen molar-refractivity contribution in [3.8, 4) is 0 Å². The predicted molar refractivity (Wildman–Crippen MR) is 60.3 cm³/mol. The first-order valence-corrected chi connectivity index (χ1v) is 6.22. The van der Waals surface area contributed by atoms with Crippen LogP contribution in [0.3, 0.4) is 0 Å². The van der Waals surface area contributed by atoms with E-state index in [4.69, 9.17) is 14.5 Å². The topological polar surface area (TPSA) is 31.0 Å². The second kappa shape index (κ2) is 3.82. The third-order valence-electron chi connectivity index (χ3n) is 2.54. The molecule has 0 radical (unpaired) electrons. The van der Waals surface area contributed by atoms with Crippen LogP contribution in [-0.2, 0) is 14.5 Å². The molecule has 2 heterocycles. The fraction of sp³-hybridized carbons (Fsp3) is 0.400. The maximum absolute atomic E-state index is 5.44. The van der Waals surface area contributed by atoms with Crippen LogP contribution >= 0.6 is 31.9 Å². The van der Waals surface area contributed by atoms with Crippen molar-refractivity contribution in [2.45, 2.75) is 18.3 Å². The molecule has 0 saturated carbocycles. The Kier molecular flexibility index (Phi) is 2.60. The standard InChI is InChI=1S/C10H8Br2O3/c11-6-1-5(2-7(12)3-6)9-10-8(14-10)4-13-15-9/h1-3,8-10H,4H2/t8-,9-,10-/m1/s1. The lowest BCUT2D eigenvalue weighted by atomic mass is 10.0. The van der Waals surface area contributed by atoms with Crippen molar-refractivity contribution >= 4 is 31.9 Å². The number of epoxide rings is 1. The molecular formula is C10H8Br2O3. The van der Waals surface area contributed by atoms with Crippen LogP contribution in [-0.4, -0.2) is 18.8 Å². The van der Waals surface area contributed by atoms with Gasteiger partial charge in [-0.05, 0) is 23.8 Å². The van der Waals surface area contributed by atoms with Crippen molar-refractivity contribution in [1.29, 1.82) is 0 Å². The number of hydrogen-bond donors (Lipinski definition) is 0. The molecule has 0 aromatic heterocycles. The highest BCUT2D eigenvalue weighted by Gasteiger charge is 2.50. The van der Waals surface area contributed by atoms with E-state index in [0.717, 1.165) is 14.5 Å². The average molecular weight is 336 g/mol. The van der Waals surface area contributed by atoms with Crippen molar-refractivity contribution < 1.29 is 14.5 Å². The molecule has 3 rings (SSSR count). The molecule has 2 fully saturated rings. The summed E-state index contributed by atoms with van der Waals surface area (Å²) in [7, 11) is 0. The Labute approximate surface area is 104 Å². The van der Waals surface area contributed by atoms with Gasteiger partial charge in [-0.25, -0.2) is 9.78 Å². The highest BCUT2D eigenvalue weighted by Crippen LogP contribution is 2.41. The molecule has 3 nitrogen and oxygen atoms in total. The summed E-state index contributed by atoms with van der Waals surface area (Å²) in [5.74, 6) is 0. The molecule has 1 aromatic carbocycles. The Morgan fingerprint density at radius 1 is 1.13 bits per heavy atom. The number of halogens is 2. The molecule has 0 aliphatic carbocycles. The van der Waals surface area contributed by atoms with Gasteiger partial charge in [-0.1, -0.05) is 31.9 Å². The molecule has 0 spiro atoms. The van der Waals surface area contributed by atoms with Crippen molar-refractivity contribution in [1.82, 2.24) is 0 Å². The number of fused-ring (bicyclic) bond motifs is 1. The zero-order valence-corrected chi connectivity index (χ0v) is 10.8. The van der Waals surface area contributed by atoms with E-state index in [0.29, 0.717) is 6.61 Å². The van der Waals surface area contributed by atoms with Crippen LogP contribution in [0.15, 0.2) is 27.1 Å². The summed E-state index contributed by atoms with van der Waals surface area (Å²) in [5.41, 5.74) is 1.06. The van der Waals surface area contributed by atoms with Crippen LogP contribution < -0.4 is 0 Å². The molecule has 1 aromatic rings. The highest BCUT2D eigenvalue weighted by atomic mass is 79.9. The lowest BCUT2D eigenvalue weighted by Crippen LogP contribution is -2.22. The average Bonchev–Trinajstić information content (AvgIpc) is 2.93. The molecule has 80 valence electrons. The van der Waals surface area contributed by atoms with E-state index in [1.807, 2.05) is 18.2 Å². The molecular weight excluding hydrogens is 328 g/mol. The van der Waals surface area contributed by atoms with Crippen LogP contribution in [0.25, 0.3) is 0 Å². The van der Waals surface area contributed by atoms with Gasteiger partial charge < -0.3 is 4.74 Å². The molecule has 5 heteroatoms. The van der Waals surface area contributed by atoms with E-state index >= 15 is 0 Å². The van der Waals surface area contributed by atoms with E-state index in [2.05, 4.69) is 31.9 Å². The monoisotopic (exact) mass is 334 g/mol. The van der Waals surface area contributed by atoms with Gasteiger partial charge in [0.2, 0.25) is 0 Å². The second-order valence-electron chi connectivity index (χ2n) is 3.64. The first-order valence-electron chi connectivity index (χ1n) is 4.64. The zero-order valence-electron chi connectivity index (χ0n) is 7.65. The van der Waals surface area contributed by atoms with Gasteiger partial charge >= 0.3 is 0 Å². The SMILES string of the molecule is Brc1cc(Br)cc([C@H]2OOC[C@H]3O[C@@H]23)c1. The number of ether oxygens (including phenoxy) is 1. The van der Waals surface area contributed by atoms with Gasteiger partial charge in [0.05, 0.1) is 0 Å². The summed E-state index contributed by atoms with van der Waals surface area (Å²) < 4.78 is 7.47. The van der Waals surface area contributed by atoms with Crippen molar-refractivity contribution in [2.75, 3.05) is 6.61 Å². The molecule has 3 atom stereocenters. The molecule has 2 aliphatic heterocycles. The minimum Gasteiger partial charge on any atom is -0.364 e. The molecule has 15 heavy (non-hydrogen) atoms. The van der Waals surface area contributed by atoms with E-state index in [9.17, 15) is 0 Å². The molecule has 0 amide bonds. The van der Waals surface area contributed by atoms with Crippen molar-refractivity contribution in [2.24, 2.45) is 0 Å². The van der Waals surface area contributed by atoms with Crippen LogP contribution in [0, 0.1) is 0 Å². The largest absolute Gasteiger partial charge is 0.364 e. The van der Waals surface area contributed by atoms with Crippen LogP contribution in [0.2, 0.25) is 0 Å². The third kappa shape index (κ3) is 1.99. The fourth-order valence-electron chi connectivity index (χ4n) is 1.78. The Hall–Kier alpha value is 0.0600. The quantitative estimate of drug-likeness (QED) is 0.584. The summed E-state index contributed by atoms with van der Waals surface area (Å²) >= 11 is 6.89. The Morgan fingerprint density at radius 2 is 1.87 bits per heavy atom. The van der Waals surface area contributed by atoms with E-state index in [-0.39, 0.29) is 18.3 Å². The Bertz CT molecular complexity index is 376. The van der Waals surface area contributed by atoms with Crippen LogP contribution in [0.4, 0.5) is 0 Å². The van der Waals surface area contributed by atoms with Gasteiger partial charge in [0, 0.05) is 8.95 Å². The fourth-order valence-corrected chi connectivity index (χ4v) is 3.11. The van der Waals surface area contributed by atoms with Gasteiger partial charge in [-0.3, -0.25) is 0 Å². The van der Waals surface area contributed by atoms with Gasteiger partial charge in [0.1, 0.15) is 24.9 Å². The Morgan fingerprint density at radius 3 is 2.60 bits per heavy atom. The number of benzene rings is 1. The number of hydrogen-bond acceptors (Lipinski definition) is 3. The smallest absolute Gasteiger partial charge is 0.147 e. The lowest BCUT2D eigenvalue weighted by Gasteiger charge is -2.18. The maximum atomic E-state index is 5.44. The van der Waals surface area contributed by atoms with Gasteiger partial charge in [0.25, 0.3) is 0 Å². The van der Waals surface area contributed by atoms with Gasteiger partial charge in [-0.15, -0.1) is 0 Å². The summed E-state index contributed by atoms with van der Waals surface area (Å²) in [6, 6.07) is 6.02. The van der Waals surface area contributed by atoms with E-state index in [1.165, 1.54) is 0 Å². The molecule has 0 unspecified atom stereocenters. The second-order valence-corrected chi connectivity index (χ2v) is 5.47. The van der Waals surface area contributed by atoms with Gasteiger partial charge in [-0.2, -0.15) is 0 Å². The summed E-state index contributed by atoms with van der Waals surface area (Å²) in [6.45, 7) is 0.538. The Balaban J connectivity index is 1.91. The minimum atomic E-state index is -0.113. The van der Waals surface area contributed by atoms with Crippen LogP contribution in [0.5, 0.6) is 0 Å². The van der Waals surface area contributed by atoms with Crippen molar-refractivity contribution in [3.05, 3.63) is 32.7 Å². The molecule has 2 aliphatic rings. The van der Waals surface area contributed by atoms with Crippen LogP contribution in [0.1, 0.15) is 11.7 Å². The first kappa shape index (κ1) is 10.2. The molecule has 0 bridgehead atoms. The van der Waals surface area contributed by atoms with Crippen molar-refractivity contribution in [3.63, 3.8) is 0 Å². The summed E-state index contributed by atoms with van der Waals surface area (Å²) in [4.78, 5) is 10.3. The van der Waals surface area contributed by atoms with E-state index in [1.54, 1.807) is 0 Å². The third-order valence-corrected chi connectivity index (χ3v) is 3.45. The predicted octanol–water partition coefficient (Wildman–Crippen LogP) is 2.98. The number of rotatable bonds is 1. The summed E-state index contributed by atoms with van der Waals surface area (Å²) in [5, 5.41) is 0. The lowest BCUT2D eigenvalue weighted by molar-refractivity contribution is -0.339. The normalized spacial score (nSPS) is 33.6. The zero-order chi connectivity index (χ0) is 10.4. The molecule has 2 saturated heterocycles. The molecule has 0 N–H and O–H groups in total. The first-order chi connectivity index (χ1) is 7.24. The summed E-state index contributed by atoms with van der Waals surface area (Å²) in [6.07, 6.45) is 0.249. The maximum Gasteiger partial charge on any atom is 0.147 e. The highest BCUT2D eigenvalue weighted by molar-refractivity contribution is 9.11. The minimum absolute atomic E-state index is 0.113. The van der Waals surface area contributed by atoms with E-state index < -0.39 is 0 Å².